The van der Waals surface area contributed by atoms with Crippen LogP contribution in [0.25, 0.3) is 0 Å². The molecular weight excluding hydrogens is 440 g/mol. The summed E-state index contributed by atoms with van der Waals surface area (Å²) in [5, 5.41) is 10.5. The lowest BCUT2D eigenvalue weighted by molar-refractivity contribution is -0.113. The van der Waals surface area contributed by atoms with E-state index >= 15 is 0 Å². The van der Waals surface area contributed by atoms with Gasteiger partial charge in [0.1, 0.15) is 18.1 Å². The number of aryl methyl sites for hydroxylation is 2. The normalized spacial score (nSPS) is 15.4. The van der Waals surface area contributed by atoms with Gasteiger partial charge in [0.2, 0.25) is 5.95 Å². The number of hydrogen-bond donors (Lipinski definition) is 2. The maximum absolute atomic E-state index is 13.5. The quantitative estimate of drug-likeness (QED) is 0.556. The molecule has 0 radical (unpaired) electrons. The fourth-order valence-corrected chi connectivity index (χ4v) is 3.93. The Morgan fingerprint density at radius 3 is 2.72 bits per heavy atom. The molecule has 0 fully saturated rings. The van der Waals surface area contributed by atoms with Gasteiger partial charge in [0.05, 0.1) is 5.57 Å². The Bertz CT molecular complexity index is 1220. The maximum atomic E-state index is 13.5. The highest BCUT2D eigenvalue weighted by molar-refractivity contribution is 6.30. The second-order valence-corrected chi connectivity index (χ2v) is 7.86. The van der Waals surface area contributed by atoms with Gasteiger partial charge in [-0.1, -0.05) is 29.3 Å². The molecule has 2 aromatic carbocycles. The highest BCUT2D eigenvalue weighted by atomic mass is 35.5. The van der Waals surface area contributed by atoms with Crippen LogP contribution in [0.5, 0.6) is 5.75 Å². The van der Waals surface area contributed by atoms with Crippen LogP contribution < -0.4 is 15.4 Å². The smallest absolute Gasteiger partial charge is 0.387 e. The van der Waals surface area contributed by atoms with Gasteiger partial charge in [0.15, 0.2) is 0 Å². The number of ether oxygens (including phenoxy) is 1. The molecule has 166 valence electrons. The molecule has 0 spiro atoms. The zero-order valence-electron chi connectivity index (χ0n) is 17.5. The summed E-state index contributed by atoms with van der Waals surface area (Å²) in [5.74, 6) is -0.169. The third kappa shape index (κ3) is 4.16. The van der Waals surface area contributed by atoms with Gasteiger partial charge in [-0.15, -0.1) is 0 Å². The standard InChI is InChI=1S/C22H20ClF2N5O2/c1-11-4-6-16(12(2)8-11)29-20(31)18-13(3)28-22-26-10-27-30(22)19(18)15-9-14(23)5-7-17(15)32-21(24)25/h4-10,19,21H,1-3H3,(H,29,31)(H,26,27,28). The third-order valence-electron chi connectivity index (χ3n) is 5.15. The number of alkyl halides is 2. The molecule has 4 rings (SSSR count). The molecule has 2 heterocycles. The van der Waals surface area contributed by atoms with Crippen LogP contribution in [0.15, 0.2) is 54.0 Å². The van der Waals surface area contributed by atoms with Crippen LogP contribution in [-0.4, -0.2) is 27.3 Å². The summed E-state index contributed by atoms with van der Waals surface area (Å²) in [6, 6.07) is 9.03. The van der Waals surface area contributed by atoms with Gasteiger partial charge >= 0.3 is 6.61 Å². The van der Waals surface area contributed by atoms with Crippen molar-refractivity contribution in [3.63, 3.8) is 0 Å². The van der Waals surface area contributed by atoms with Gasteiger partial charge in [0.25, 0.3) is 5.91 Å². The van der Waals surface area contributed by atoms with Crippen LogP contribution in [0.3, 0.4) is 0 Å². The van der Waals surface area contributed by atoms with Crippen molar-refractivity contribution in [3.8, 4) is 5.75 Å². The van der Waals surface area contributed by atoms with Gasteiger partial charge in [-0.25, -0.2) is 4.68 Å². The third-order valence-corrected chi connectivity index (χ3v) is 5.39. The molecule has 1 amide bonds. The first-order chi connectivity index (χ1) is 15.2. The molecule has 1 atom stereocenters. The Labute approximate surface area is 188 Å². The SMILES string of the molecule is CC1=C(C(=O)Nc2ccc(C)cc2C)C(c2cc(Cl)ccc2OC(F)F)n2ncnc2N1. The number of fused-ring (bicyclic) bond motifs is 1. The van der Waals surface area contributed by atoms with E-state index in [1.165, 1.54) is 29.2 Å². The molecule has 2 N–H and O–H groups in total. The van der Waals surface area contributed by atoms with Crippen molar-refractivity contribution >= 4 is 29.1 Å². The minimum absolute atomic E-state index is 0.109. The molecule has 0 bridgehead atoms. The summed E-state index contributed by atoms with van der Waals surface area (Å²) in [6.07, 6.45) is 1.31. The topological polar surface area (TPSA) is 81.1 Å². The van der Waals surface area contributed by atoms with Gasteiger partial charge in [-0.3, -0.25) is 4.79 Å². The van der Waals surface area contributed by atoms with Crippen molar-refractivity contribution in [2.24, 2.45) is 0 Å². The Morgan fingerprint density at radius 2 is 2.00 bits per heavy atom. The fourth-order valence-electron chi connectivity index (χ4n) is 3.75. The fraction of sp³-hybridized carbons (Fsp3) is 0.227. The van der Waals surface area contributed by atoms with E-state index in [-0.39, 0.29) is 16.9 Å². The van der Waals surface area contributed by atoms with Crippen LogP contribution in [0.1, 0.15) is 29.7 Å². The average Bonchev–Trinajstić information content (AvgIpc) is 3.18. The highest BCUT2D eigenvalue weighted by Gasteiger charge is 2.36. The molecule has 0 aliphatic carbocycles. The molecule has 10 heteroatoms. The van der Waals surface area contributed by atoms with E-state index in [0.717, 1.165) is 11.1 Å². The number of anilines is 2. The van der Waals surface area contributed by atoms with Crippen LogP contribution in [0.4, 0.5) is 20.4 Å². The van der Waals surface area contributed by atoms with Crippen molar-refractivity contribution in [3.05, 3.63) is 75.7 Å². The van der Waals surface area contributed by atoms with Crippen molar-refractivity contribution < 1.29 is 18.3 Å². The van der Waals surface area contributed by atoms with Crippen LogP contribution in [-0.2, 0) is 4.79 Å². The highest BCUT2D eigenvalue weighted by Crippen LogP contribution is 2.40. The van der Waals surface area contributed by atoms with Gasteiger partial charge in [0, 0.05) is 22.0 Å². The van der Waals surface area contributed by atoms with Crippen LogP contribution >= 0.6 is 11.6 Å². The van der Waals surface area contributed by atoms with Gasteiger partial charge in [-0.05, 0) is 50.6 Å². The number of nitrogens with zero attached hydrogens (tertiary/aromatic N) is 3. The van der Waals surface area contributed by atoms with E-state index in [9.17, 15) is 13.6 Å². The molecule has 1 unspecified atom stereocenters. The lowest BCUT2D eigenvalue weighted by Gasteiger charge is -2.30. The number of rotatable bonds is 5. The minimum atomic E-state index is -3.05. The van der Waals surface area contributed by atoms with Gasteiger partial charge < -0.3 is 15.4 Å². The Morgan fingerprint density at radius 1 is 1.22 bits per heavy atom. The molecule has 0 saturated carbocycles. The first-order valence-corrected chi connectivity index (χ1v) is 10.1. The lowest BCUT2D eigenvalue weighted by Crippen LogP contribution is -2.32. The molecule has 0 saturated heterocycles. The summed E-state index contributed by atoms with van der Waals surface area (Å²) in [7, 11) is 0. The van der Waals surface area contributed by atoms with Gasteiger partial charge in [-0.2, -0.15) is 18.9 Å². The number of halogens is 3. The summed E-state index contributed by atoms with van der Waals surface area (Å²) >= 11 is 6.18. The largest absolute Gasteiger partial charge is 0.434 e. The number of aromatic nitrogens is 3. The average molecular weight is 460 g/mol. The first-order valence-electron chi connectivity index (χ1n) is 9.74. The van der Waals surface area contributed by atoms with Crippen molar-refractivity contribution in [2.75, 3.05) is 10.6 Å². The molecule has 1 aromatic heterocycles. The number of amides is 1. The predicted molar refractivity (Wildman–Crippen MR) is 117 cm³/mol. The van der Waals surface area contributed by atoms with E-state index in [1.807, 2.05) is 32.0 Å². The minimum Gasteiger partial charge on any atom is -0.434 e. The molecular formula is C22H20ClF2N5O2. The summed E-state index contributed by atoms with van der Waals surface area (Å²) in [4.78, 5) is 17.6. The summed E-state index contributed by atoms with van der Waals surface area (Å²) < 4.78 is 32.4. The van der Waals surface area contributed by atoms with Crippen molar-refractivity contribution in [1.29, 1.82) is 0 Å². The second kappa shape index (κ2) is 8.58. The zero-order valence-corrected chi connectivity index (χ0v) is 18.2. The van der Waals surface area contributed by atoms with E-state index in [1.54, 1.807) is 6.92 Å². The van der Waals surface area contributed by atoms with Crippen LogP contribution in [0.2, 0.25) is 5.02 Å². The molecule has 3 aromatic rings. The van der Waals surface area contributed by atoms with E-state index < -0.39 is 18.6 Å². The van der Waals surface area contributed by atoms with Crippen molar-refractivity contribution in [2.45, 2.75) is 33.4 Å². The maximum Gasteiger partial charge on any atom is 0.387 e. The summed E-state index contributed by atoms with van der Waals surface area (Å²) in [5.41, 5.74) is 3.62. The predicted octanol–water partition coefficient (Wildman–Crippen LogP) is 5.08. The molecule has 7 nitrogen and oxygen atoms in total. The number of allylic oxidation sites excluding steroid dienone is 1. The Kier molecular flexibility index (Phi) is 5.84. The second-order valence-electron chi connectivity index (χ2n) is 7.43. The first kappa shape index (κ1) is 21.8. The molecule has 1 aliphatic heterocycles. The number of carbonyl (C=O) groups is 1. The number of hydrogen-bond acceptors (Lipinski definition) is 5. The number of benzene rings is 2. The lowest BCUT2D eigenvalue weighted by atomic mass is 9.94. The van der Waals surface area contributed by atoms with Crippen LogP contribution in [0, 0.1) is 13.8 Å². The monoisotopic (exact) mass is 459 g/mol. The zero-order chi connectivity index (χ0) is 23.0. The van der Waals surface area contributed by atoms with E-state index in [0.29, 0.717) is 22.4 Å². The van der Waals surface area contributed by atoms with E-state index in [2.05, 4.69) is 20.7 Å². The summed E-state index contributed by atoms with van der Waals surface area (Å²) in [6.45, 7) is 2.51. The Balaban J connectivity index is 1.82. The van der Waals surface area contributed by atoms with Crippen molar-refractivity contribution in [1.82, 2.24) is 14.8 Å². The number of nitrogens with one attached hydrogen (secondary N) is 2. The van der Waals surface area contributed by atoms with E-state index in [4.69, 9.17) is 16.3 Å². The molecule has 32 heavy (non-hydrogen) atoms. The molecule has 1 aliphatic rings. The Hall–Kier alpha value is -3.46. The number of carbonyl (C=O) groups excluding carboxylic acids is 1.